The van der Waals surface area contributed by atoms with Gasteiger partial charge in [-0.1, -0.05) is 31.2 Å². The molecule has 0 saturated carbocycles. The number of hydrogen-bond acceptors (Lipinski definition) is 5. The quantitative estimate of drug-likeness (QED) is 0.800. The Bertz CT molecular complexity index is 597. The van der Waals surface area contributed by atoms with E-state index in [0.29, 0.717) is 13.0 Å². The summed E-state index contributed by atoms with van der Waals surface area (Å²) in [6.45, 7) is 8.13. The molecule has 0 radical (unpaired) electrons. The van der Waals surface area contributed by atoms with Crippen molar-refractivity contribution in [2.75, 3.05) is 0 Å². The Morgan fingerprint density at radius 2 is 2.00 bits per heavy atom. The Balaban J connectivity index is 1.74. The highest BCUT2D eigenvalue weighted by molar-refractivity contribution is 5.84. The first-order valence-corrected chi connectivity index (χ1v) is 8.61. The Hall–Kier alpha value is -1.27. The molecule has 2 fully saturated rings. The molecule has 2 aliphatic rings. The van der Waals surface area contributed by atoms with Crippen molar-refractivity contribution in [1.29, 1.82) is 0 Å². The molecule has 1 aromatic carbocycles. The van der Waals surface area contributed by atoms with Crippen LogP contribution in [0.3, 0.4) is 0 Å². The molecule has 5 heteroatoms. The zero-order chi connectivity index (χ0) is 17.3. The Labute approximate surface area is 143 Å². The summed E-state index contributed by atoms with van der Waals surface area (Å²) in [6.07, 6.45) is -0.748. The predicted octanol–water partition coefficient (Wildman–Crippen LogP) is 3.13. The van der Waals surface area contributed by atoms with Gasteiger partial charge in [0.1, 0.15) is 18.3 Å². The van der Waals surface area contributed by atoms with Crippen LogP contribution in [0.15, 0.2) is 24.3 Å². The summed E-state index contributed by atoms with van der Waals surface area (Å²) in [5.74, 6) is -0.676. The van der Waals surface area contributed by atoms with Crippen LogP contribution in [-0.4, -0.2) is 36.2 Å². The van der Waals surface area contributed by atoms with Crippen LogP contribution in [0.2, 0.25) is 0 Å². The SMILES string of the molecule is CCCC(=O)[C@H]1O[C@@H]2OC(C)(C)O[C@@H]2[C@H]1OCc1ccccc1C. The number of carbonyl (C=O) groups excluding carboxylic acids is 1. The van der Waals surface area contributed by atoms with Gasteiger partial charge in [0, 0.05) is 6.42 Å². The molecule has 0 unspecified atom stereocenters. The number of rotatable bonds is 6. The Morgan fingerprint density at radius 1 is 1.25 bits per heavy atom. The molecule has 0 spiro atoms. The van der Waals surface area contributed by atoms with E-state index in [0.717, 1.165) is 17.5 Å². The highest BCUT2D eigenvalue weighted by Gasteiger charge is 2.57. The van der Waals surface area contributed by atoms with Crippen LogP contribution >= 0.6 is 0 Å². The van der Waals surface area contributed by atoms with Crippen molar-refractivity contribution < 1.29 is 23.7 Å². The second-order valence-corrected chi connectivity index (χ2v) is 6.94. The first-order valence-electron chi connectivity index (χ1n) is 8.61. The minimum absolute atomic E-state index is 0.0479. The van der Waals surface area contributed by atoms with Gasteiger partial charge in [-0.05, 0) is 38.3 Å². The van der Waals surface area contributed by atoms with Crippen molar-refractivity contribution in [1.82, 2.24) is 0 Å². The Kier molecular flexibility index (Phi) is 5.06. The summed E-state index contributed by atoms with van der Waals surface area (Å²) in [7, 11) is 0. The normalized spacial score (nSPS) is 31.2. The lowest BCUT2D eigenvalue weighted by molar-refractivity contribution is -0.218. The molecule has 2 aliphatic heterocycles. The number of benzene rings is 1. The third kappa shape index (κ3) is 3.54. The number of Topliss-reactive ketones (excluding diaryl/α,β-unsaturated/α-hetero) is 1. The molecule has 0 bridgehead atoms. The van der Waals surface area contributed by atoms with E-state index in [1.54, 1.807) is 0 Å². The molecular weight excluding hydrogens is 308 g/mol. The third-order valence-corrected chi connectivity index (χ3v) is 4.50. The largest absolute Gasteiger partial charge is 0.367 e. The highest BCUT2D eigenvalue weighted by Crippen LogP contribution is 2.39. The molecule has 3 rings (SSSR count). The van der Waals surface area contributed by atoms with Gasteiger partial charge in [0.2, 0.25) is 0 Å². The molecule has 0 aliphatic carbocycles. The number of ketones is 1. The monoisotopic (exact) mass is 334 g/mol. The van der Waals surface area contributed by atoms with Crippen molar-refractivity contribution in [3.8, 4) is 0 Å². The third-order valence-electron chi connectivity index (χ3n) is 4.50. The van der Waals surface area contributed by atoms with E-state index in [4.69, 9.17) is 18.9 Å². The number of aryl methyl sites for hydroxylation is 1. The van der Waals surface area contributed by atoms with E-state index in [-0.39, 0.29) is 11.9 Å². The lowest BCUT2D eigenvalue weighted by Crippen LogP contribution is -2.40. The number of ether oxygens (including phenoxy) is 4. The van der Waals surface area contributed by atoms with E-state index < -0.39 is 24.3 Å². The van der Waals surface area contributed by atoms with E-state index in [9.17, 15) is 4.79 Å². The second kappa shape index (κ2) is 6.92. The number of carbonyl (C=O) groups is 1. The fourth-order valence-corrected chi connectivity index (χ4v) is 3.27. The maximum atomic E-state index is 12.4. The van der Waals surface area contributed by atoms with Crippen molar-refractivity contribution in [2.24, 2.45) is 0 Å². The van der Waals surface area contributed by atoms with E-state index >= 15 is 0 Å². The van der Waals surface area contributed by atoms with Gasteiger partial charge in [-0.15, -0.1) is 0 Å². The van der Waals surface area contributed by atoms with Crippen molar-refractivity contribution in [3.05, 3.63) is 35.4 Å². The first kappa shape index (κ1) is 17.5. The highest BCUT2D eigenvalue weighted by atomic mass is 16.8. The summed E-state index contributed by atoms with van der Waals surface area (Å²) in [6, 6.07) is 8.06. The summed E-state index contributed by atoms with van der Waals surface area (Å²) in [5, 5.41) is 0. The van der Waals surface area contributed by atoms with Crippen LogP contribution in [0.5, 0.6) is 0 Å². The van der Waals surface area contributed by atoms with E-state index in [2.05, 4.69) is 0 Å². The lowest BCUT2D eigenvalue weighted by atomic mass is 10.0. The summed E-state index contributed by atoms with van der Waals surface area (Å²) >= 11 is 0. The molecule has 2 heterocycles. The maximum absolute atomic E-state index is 12.4. The fraction of sp³-hybridized carbons (Fsp3) is 0.632. The molecule has 1 aromatic rings. The molecule has 5 nitrogen and oxygen atoms in total. The van der Waals surface area contributed by atoms with Crippen LogP contribution < -0.4 is 0 Å². The summed E-state index contributed by atoms with van der Waals surface area (Å²) < 4.78 is 23.6. The van der Waals surface area contributed by atoms with Crippen molar-refractivity contribution in [3.63, 3.8) is 0 Å². The molecule has 0 N–H and O–H groups in total. The zero-order valence-corrected chi connectivity index (χ0v) is 14.8. The van der Waals surface area contributed by atoms with Gasteiger partial charge in [-0.2, -0.15) is 0 Å². The standard InChI is InChI=1S/C19H26O5/c1-5-8-14(20)15-16(17-18(22-15)24-19(3,4)23-17)21-11-13-10-7-6-9-12(13)2/h6-7,9-10,15-18H,5,8,11H2,1-4H3/t15-,16+,17-,18-/m1/s1. The van der Waals surface area contributed by atoms with Gasteiger partial charge in [-0.3, -0.25) is 4.79 Å². The number of fused-ring (bicyclic) bond motifs is 1. The van der Waals surface area contributed by atoms with Crippen molar-refractivity contribution in [2.45, 2.75) is 77.5 Å². The summed E-state index contributed by atoms with van der Waals surface area (Å²) in [5.41, 5.74) is 2.26. The van der Waals surface area contributed by atoms with Crippen LogP contribution in [0.25, 0.3) is 0 Å². The Morgan fingerprint density at radius 3 is 2.71 bits per heavy atom. The van der Waals surface area contributed by atoms with E-state index in [1.165, 1.54) is 0 Å². The van der Waals surface area contributed by atoms with Crippen LogP contribution in [-0.2, 0) is 30.3 Å². The molecule has 4 atom stereocenters. The van der Waals surface area contributed by atoms with Gasteiger partial charge in [0.15, 0.2) is 17.9 Å². The summed E-state index contributed by atoms with van der Waals surface area (Å²) in [4.78, 5) is 12.4. The van der Waals surface area contributed by atoms with Gasteiger partial charge in [0.25, 0.3) is 0 Å². The minimum Gasteiger partial charge on any atom is -0.367 e. The number of hydrogen-bond donors (Lipinski definition) is 0. The predicted molar refractivity (Wildman–Crippen MR) is 88.4 cm³/mol. The van der Waals surface area contributed by atoms with E-state index in [1.807, 2.05) is 52.0 Å². The second-order valence-electron chi connectivity index (χ2n) is 6.94. The average molecular weight is 334 g/mol. The zero-order valence-electron chi connectivity index (χ0n) is 14.8. The maximum Gasteiger partial charge on any atom is 0.190 e. The van der Waals surface area contributed by atoms with Gasteiger partial charge < -0.3 is 18.9 Å². The molecule has 0 aromatic heterocycles. The fourth-order valence-electron chi connectivity index (χ4n) is 3.27. The average Bonchev–Trinajstić information content (AvgIpc) is 2.99. The molecule has 132 valence electrons. The van der Waals surface area contributed by atoms with Gasteiger partial charge >= 0.3 is 0 Å². The van der Waals surface area contributed by atoms with Crippen LogP contribution in [0.1, 0.15) is 44.7 Å². The molecule has 24 heavy (non-hydrogen) atoms. The molecular formula is C19H26O5. The molecule has 2 saturated heterocycles. The lowest BCUT2D eigenvalue weighted by Gasteiger charge is -2.25. The van der Waals surface area contributed by atoms with Gasteiger partial charge in [-0.25, -0.2) is 0 Å². The van der Waals surface area contributed by atoms with Gasteiger partial charge in [0.05, 0.1) is 6.61 Å². The van der Waals surface area contributed by atoms with Crippen molar-refractivity contribution >= 4 is 5.78 Å². The smallest absolute Gasteiger partial charge is 0.190 e. The first-order chi connectivity index (χ1) is 11.4. The van der Waals surface area contributed by atoms with Crippen LogP contribution in [0, 0.1) is 6.92 Å². The molecule has 0 amide bonds. The van der Waals surface area contributed by atoms with Crippen LogP contribution in [0.4, 0.5) is 0 Å². The minimum atomic E-state index is -0.724. The topological polar surface area (TPSA) is 54.0 Å².